The molecule has 1 N–H and O–H groups in total. The van der Waals surface area contributed by atoms with E-state index in [0.717, 1.165) is 32.7 Å². The number of hydrogen-bond acceptors (Lipinski definition) is 2. The second-order valence-corrected chi connectivity index (χ2v) is 4.63. The van der Waals surface area contributed by atoms with E-state index in [-0.39, 0.29) is 0 Å². The van der Waals surface area contributed by atoms with Crippen molar-refractivity contribution in [2.45, 2.75) is 52.6 Å². The van der Waals surface area contributed by atoms with Gasteiger partial charge in [0.05, 0.1) is 0 Å². The Morgan fingerprint density at radius 1 is 1.33 bits per heavy atom. The molecule has 0 saturated heterocycles. The minimum atomic E-state index is 0.508. The lowest BCUT2D eigenvalue weighted by atomic mass is 10.1. The van der Waals surface area contributed by atoms with Crippen molar-refractivity contribution in [3.05, 3.63) is 24.0 Å². The topological polar surface area (TPSA) is 26.2 Å². The van der Waals surface area contributed by atoms with Crippen LogP contribution in [0.15, 0.2) is 18.5 Å². The molecule has 0 bridgehead atoms. The van der Waals surface area contributed by atoms with E-state index < -0.39 is 0 Å². The average Bonchev–Trinajstić information content (AvgIpc) is 2.83. The summed E-state index contributed by atoms with van der Waals surface area (Å²) in [4.78, 5) is 0. The Morgan fingerprint density at radius 2 is 2.17 bits per heavy atom. The van der Waals surface area contributed by atoms with Crippen molar-refractivity contribution >= 4 is 0 Å². The molecule has 1 atom stereocenters. The predicted octanol–water partition coefficient (Wildman–Crippen LogP) is 3.37. The number of nitrogens with zero attached hydrogens (tertiary/aromatic N) is 1. The molecule has 3 heteroatoms. The quantitative estimate of drug-likeness (QED) is 0.646. The van der Waals surface area contributed by atoms with Crippen LogP contribution in [0.25, 0.3) is 0 Å². The fourth-order valence-corrected chi connectivity index (χ4v) is 2.22. The second-order valence-electron chi connectivity index (χ2n) is 4.63. The van der Waals surface area contributed by atoms with Crippen LogP contribution in [0.1, 0.15) is 51.6 Å². The molecular weight excluding hydrogens is 224 g/mol. The van der Waals surface area contributed by atoms with Crippen molar-refractivity contribution in [2.75, 3.05) is 19.8 Å². The summed E-state index contributed by atoms with van der Waals surface area (Å²) in [5, 5.41) is 3.55. The molecule has 0 aromatic carbocycles. The average molecular weight is 252 g/mol. The summed E-state index contributed by atoms with van der Waals surface area (Å²) in [6.45, 7) is 10.2. The van der Waals surface area contributed by atoms with Gasteiger partial charge >= 0.3 is 0 Å². The van der Waals surface area contributed by atoms with Crippen molar-refractivity contribution in [1.29, 1.82) is 0 Å². The van der Waals surface area contributed by atoms with Gasteiger partial charge in [-0.15, -0.1) is 0 Å². The fourth-order valence-electron chi connectivity index (χ4n) is 2.22. The smallest absolute Gasteiger partial charge is 0.0482 e. The van der Waals surface area contributed by atoms with Crippen LogP contribution in [0.3, 0.4) is 0 Å². The normalized spacial score (nSPS) is 12.8. The van der Waals surface area contributed by atoms with E-state index in [1.54, 1.807) is 0 Å². The highest BCUT2D eigenvalue weighted by molar-refractivity contribution is 5.15. The van der Waals surface area contributed by atoms with Crippen molar-refractivity contribution in [1.82, 2.24) is 9.88 Å². The van der Waals surface area contributed by atoms with E-state index >= 15 is 0 Å². The van der Waals surface area contributed by atoms with Gasteiger partial charge in [0.25, 0.3) is 0 Å². The molecule has 104 valence electrons. The van der Waals surface area contributed by atoms with Crippen molar-refractivity contribution in [3.8, 4) is 0 Å². The molecule has 1 aromatic heterocycles. The molecule has 0 spiro atoms. The first kappa shape index (κ1) is 15.3. The lowest BCUT2D eigenvalue weighted by Crippen LogP contribution is -2.20. The molecule has 0 amide bonds. The monoisotopic (exact) mass is 252 g/mol. The number of rotatable bonds is 10. The van der Waals surface area contributed by atoms with E-state index in [0.29, 0.717) is 6.04 Å². The molecule has 0 fully saturated rings. The minimum Gasteiger partial charge on any atom is -0.382 e. The first-order chi connectivity index (χ1) is 8.81. The molecule has 0 aliphatic heterocycles. The van der Waals surface area contributed by atoms with Crippen molar-refractivity contribution < 1.29 is 4.74 Å². The van der Waals surface area contributed by atoms with Crippen LogP contribution in [0, 0.1) is 0 Å². The zero-order valence-corrected chi connectivity index (χ0v) is 12.1. The van der Waals surface area contributed by atoms with Gasteiger partial charge in [-0.1, -0.05) is 20.3 Å². The van der Waals surface area contributed by atoms with Crippen LogP contribution < -0.4 is 5.32 Å². The maximum atomic E-state index is 5.36. The van der Waals surface area contributed by atoms with Crippen LogP contribution in [0.4, 0.5) is 0 Å². The van der Waals surface area contributed by atoms with Crippen LogP contribution >= 0.6 is 0 Å². The number of aromatic nitrogens is 1. The molecule has 0 aliphatic carbocycles. The van der Waals surface area contributed by atoms with Gasteiger partial charge in [0.2, 0.25) is 0 Å². The van der Waals surface area contributed by atoms with Gasteiger partial charge in [-0.05, 0) is 37.9 Å². The van der Waals surface area contributed by atoms with Crippen LogP contribution in [0.5, 0.6) is 0 Å². The van der Waals surface area contributed by atoms with E-state index in [2.05, 4.69) is 42.2 Å². The Labute approximate surface area is 112 Å². The van der Waals surface area contributed by atoms with E-state index in [1.807, 2.05) is 6.92 Å². The maximum Gasteiger partial charge on any atom is 0.0482 e. The Kier molecular flexibility index (Phi) is 7.78. The van der Waals surface area contributed by atoms with Crippen LogP contribution in [-0.2, 0) is 11.3 Å². The third kappa shape index (κ3) is 5.23. The fraction of sp³-hybridized carbons (Fsp3) is 0.733. The van der Waals surface area contributed by atoms with E-state index in [9.17, 15) is 0 Å². The summed E-state index contributed by atoms with van der Waals surface area (Å²) in [5.41, 5.74) is 1.41. The zero-order valence-electron chi connectivity index (χ0n) is 12.1. The Balaban J connectivity index is 2.44. The third-order valence-corrected chi connectivity index (χ3v) is 3.11. The maximum absolute atomic E-state index is 5.36. The van der Waals surface area contributed by atoms with Gasteiger partial charge in [-0.2, -0.15) is 0 Å². The van der Waals surface area contributed by atoms with Crippen molar-refractivity contribution in [3.63, 3.8) is 0 Å². The summed E-state index contributed by atoms with van der Waals surface area (Å²) >= 11 is 0. The number of ether oxygens (including phenoxy) is 1. The molecule has 1 unspecified atom stereocenters. The first-order valence-electron chi connectivity index (χ1n) is 7.28. The summed E-state index contributed by atoms with van der Waals surface area (Å²) in [6.07, 6.45) is 7.96. The third-order valence-electron chi connectivity index (χ3n) is 3.11. The molecule has 0 saturated carbocycles. The predicted molar refractivity (Wildman–Crippen MR) is 76.9 cm³/mol. The SMILES string of the molecule is CCCC(NCC)c1ccn(CCCOCC)c1. The summed E-state index contributed by atoms with van der Waals surface area (Å²) in [5.74, 6) is 0. The standard InChI is InChI=1S/C15H28N2O/c1-4-8-15(16-5-2)14-9-11-17(13-14)10-7-12-18-6-3/h9,11,13,15-16H,4-8,10,12H2,1-3H3. The molecule has 18 heavy (non-hydrogen) atoms. The highest BCUT2D eigenvalue weighted by Crippen LogP contribution is 2.18. The number of aryl methyl sites for hydroxylation is 1. The second kappa shape index (κ2) is 9.17. The molecule has 1 heterocycles. The Hall–Kier alpha value is -0.800. The molecule has 0 radical (unpaired) electrons. The Morgan fingerprint density at radius 3 is 2.83 bits per heavy atom. The number of nitrogens with one attached hydrogen (secondary N) is 1. The van der Waals surface area contributed by atoms with E-state index in [1.165, 1.54) is 18.4 Å². The first-order valence-corrected chi connectivity index (χ1v) is 7.28. The minimum absolute atomic E-state index is 0.508. The van der Waals surface area contributed by atoms with Crippen LogP contribution in [-0.4, -0.2) is 24.3 Å². The van der Waals surface area contributed by atoms with Gasteiger partial charge in [0.15, 0.2) is 0 Å². The molecular formula is C15H28N2O. The number of hydrogen-bond donors (Lipinski definition) is 1. The summed E-state index contributed by atoms with van der Waals surface area (Å²) in [7, 11) is 0. The van der Waals surface area contributed by atoms with Gasteiger partial charge in [-0.3, -0.25) is 0 Å². The lowest BCUT2D eigenvalue weighted by Gasteiger charge is -2.15. The lowest BCUT2D eigenvalue weighted by molar-refractivity contribution is 0.141. The van der Waals surface area contributed by atoms with Gasteiger partial charge in [0.1, 0.15) is 0 Å². The molecule has 3 nitrogen and oxygen atoms in total. The molecule has 0 aliphatic rings. The Bertz CT molecular complexity index is 303. The highest BCUT2D eigenvalue weighted by Gasteiger charge is 2.10. The van der Waals surface area contributed by atoms with Gasteiger partial charge in [-0.25, -0.2) is 0 Å². The summed E-state index contributed by atoms with van der Waals surface area (Å²) in [6, 6.07) is 2.75. The zero-order chi connectivity index (χ0) is 13.2. The molecule has 1 rings (SSSR count). The molecule has 1 aromatic rings. The van der Waals surface area contributed by atoms with E-state index in [4.69, 9.17) is 4.74 Å². The highest BCUT2D eigenvalue weighted by atomic mass is 16.5. The largest absolute Gasteiger partial charge is 0.382 e. The van der Waals surface area contributed by atoms with Crippen LogP contribution in [0.2, 0.25) is 0 Å². The summed E-state index contributed by atoms with van der Waals surface area (Å²) < 4.78 is 7.63. The van der Waals surface area contributed by atoms with Gasteiger partial charge < -0.3 is 14.6 Å². The van der Waals surface area contributed by atoms with Crippen molar-refractivity contribution in [2.24, 2.45) is 0 Å². The van der Waals surface area contributed by atoms with Gasteiger partial charge in [0, 0.05) is 38.2 Å².